The van der Waals surface area contributed by atoms with E-state index in [9.17, 15) is 4.79 Å². The fourth-order valence-corrected chi connectivity index (χ4v) is 3.05. The first-order chi connectivity index (χ1) is 11.3. The normalized spacial score (nSPS) is 10.9. The van der Waals surface area contributed by atoms with Crippen LogP contribution in [0.15, 0.2) is 0 Å². The molecule has 0 radical (unpaired) electrons. The summed E-state index contributed by atoms with van der Waals surface area (Å²) in [6.07, 6.45) is 22.4. The summed E-state index contributed by atoms with van der Waals surface area (Å²) in [6, 6.07) is 0. The van der Waals surface area contributed by atoms with E-state index < -0.39 is 0 Å². The van der Waals surface area contributed by atoms with Crippen molar-refractivity contribution < 1.29 is 9.53 Å². The van der Waals surface area contributed by atoms with Gasteiger partial charge in [0.25, 0.3) is 0 Å². The first kappa shape index (κ1) is 22.5. The third-order valence-corrected chi connectivity index (χ3v) is 4.54. The van der Waals surface area contributed by atoms with Gasteiger partial charge in [-0.1, -0.05) is 103 Å². The van der Waals surface area contributed by atoms with Gasteiger partial charge in [0, 0.05) is 6.42 Å². The molecule has 0 fully saturated rings. The molecule has 0 unspecified atom stereocenters. The first-order valence-electron chi connectivity index (χ1n) is 10.5. The monoisotopic (exact) mass is 326 g/mol. The van der Waals surface area contributed by atoms with Gasteiger partial charge in [0.05, 0.1) is 6.61 Å². The fraction of sp³-hybridized carbons (Fsp3) is 0.952. The summed E-state index contributed by atoms with van der Waals surface area (Å²) in [5, 5.41) is 0. The van der Waals surface area contributed by atoms with Crippen molar-refractivity contribution in [3.8, 4) is 0 Å². The Morgan fingerprint density at radius 3 is 1.26 bits per heavy atom. The molecule has 0 heterocycles. The lowest BCUT2D eigenvalue weighted by atomic mass is 10.0. The molecule has 0 atom stereocenters. The quantitative estimate of drug-likeness (QED) is 0.196. The molecule has 0 bridgehead atoms. The van der Waals surface area contributed by atoms with Crippen LogP contribution in [-0.2, 0) is 9.53 Å². The maximum absolute atomic E-state index is 11.2. The van der Waals surface area contributed by atoms with Gasteiger partial charge in [-0.25, -0.2) is 0 Å². The van der Waals surface area contributed by atoms with Gasteiger partial charge >= 0.3 is 5.97 Å². The Morgan fingerprint density at radius 1 is 0.565 bits per heavy atom. The molecule has 0 aliphatic rings. The highest BCUT2D eigenvalue weighted by molar-refractivity contribution is 5.69. The molecule has 0 rings (SSSR count). The van der Waals surface area contributed by atoms with Gasteiger partial charge in [-0.05, 0) is 13.3 Å². The average Bonchev–Trinajstić information content (AvgIpc) is 2.54. The molecular weight excluding hydrogens is 284 g/mol. The van der Waals surface area contributed by atoms with E-state index in [2.05, 4.69) is 6.92 Å². The number of rotatable bonds is 18. The highest BCUT2D eigenvalue weighted by Crippen LogP contribution is 2.14. The lowest BCUT2D eigenvalue weighted by Gasteiger charge is -2.04. The lowest BCUT2D eigenvalue weighted by Crippen LogP contribution is -2.03. The summed E-state index contributed by atoms with van der Waals surface area (Å²) >= 11 is 0. The van der Waals surface area contributed by atoms with Crippen LogP contribution in [0.4, 0.5) is 0 Å². The summed E-state index contributed by atoms with van der Waals surface area (Å²) in [4.78, 5) is 11.2. The van der Waals surface area contributed by atoms with E-state index in [0.717, 1.165) is 6.42 Å². The molecule has 0 aliphatic heterocycles. The summed E-state index contributed by atoms with van der Waals surface area (Å²) < 4.78 is 4.93. The zero-order chi connectivity index (χ0) is 17.0. The van der Waals surface area contributed by atoms with Gasteiger partial charge in [0.2, 0.25) is 0 Å². The van der Waals surface area contributed by atoms with Crippen LogP contribution >= 0.6 is 0 Å². The van der Waals surface area contributed by atoms with E-state index in [1.807, 2.05) is 6.92 Å². The van der Waals surface area contributed by atoms with Crippen molar-refractivity contribution in [3.05, 3.63) is 0 Å². The Bertz CT molecular complexity index is 238. The van der Waals surface area contributed by atoms with Gasteiger partial charge in [-0.15, -0.1) is 0 Å². The predicted octanol–water partition coefficient (Wildman–Crippen LogP) is 7.20. The highest BCUT2D eigenvalue weighted by Gasteiger charge is 2.00. The Kier molecular flexibility index (Phi) is 19.1. The SMILES string of the molecule is CCCCCCCCCCCCCCCCCCC(=O)OCC. The van der Waals surface area contributed by atoms with Crippen molar-refractivity contribution in [2.24, 2.45) is 0 Å². The minimum absolute atomic E-state index is 0.0298. The van der Waals surface area contributed by atoms with E-state index in [1.165, 1.54) is 96.3 Å². The number of carbonyl (C=O) groups excluding carboxylic acids is 1. The van der Waals surface area contributed by atoms with E-state index in [1.54, 1.807) is 0 Å². The Morgan fingerprint density at radius 2 is 0.913 bits per heavy atom. The van der Waals surface area contributed by atoms with Crippen molar-refractivity contribution in [1.82, 2.24) is 0 Å². The van der Waals surface area contributed by atoms with E-state index in [-0.39, 0.29) is 5.97 Å². The molecule has 0 saturated carbocycles. The number of ether oxygens (including phenoxy) is 1. The lowest BCUT2D eigenvalue weighted by molar-refractivity contribution is -0.143. The third kappa shape index (κ3) is 19.4. The van der Waals surface area contributed by atoms with Gasteiger partial charge in [0.1, 0.15) is 0 Å². The van der Waals surface area contributed by atoms with Crippen molar-refractivity contribution >= 4 is 5.97 Å². The molecule has 23 heavy (non-hydrogen) atoms. The van der Waals surface area contributed by atoms with Gasteiger partial charge in [-0.2, -0.15) is 0 Å². The molecule has 0 aliphatic carbocycles. The zero-order valence-corrected chi connectivity index (χ0v) is 16.0. The van der Waals surface area contributed by atoms with Crippen molar-refractivity contribution in [2.45, 2.75) is 123 Å². The van der Waals surface area contributed by atoms with Crippen LogP contribution in [0.25, 0.3) is 0 Å². The summed E-state index contributed by atoms with van der Waals surface area (Å²) in [6.45, 7) is 4.66. The number of unbranched alkanes of at least 4 members (excludes halogenated alkanes) is 15. The number of esters is 1. The van der Waals surface area contributed by atoms with Crippen molar-refractivity contribution in [3.63, 3.8) is 0 Å². The minimum Gasteiger partial charge on any atom is -0.466 e. The summed E-state index contributed by atoms with van der Waals surface area (Å²) in [5.41, 5.74) is 0. The largest absolute Gasteiger partial charge is 0.466 e. The molecule has 0 spiro atoms. The predicted molar refractivity (Wildman–Crippen MR) is 101 cm³/mol. The standard InChI is InChI=1S/C21H42O2/c1-3-5-6-7-8-9-10-11-12-13-14-15-16-17-18-19-20-21(22)23-4-2/h3-20H2,1-2H3. The summed E-state index contributed by atoms with van der Waals surface area (Å²) in [5.74, 6) is -0.0298. The highest BCUT2D eigenvalue weighted by atomic mass is 16.5. The van der Waals surface area contributed by atoms with Crippen LogP contribution in [-0.4, -0.2) is 12.6 Å². The second-order valence-electron chi connectivity index (χ2n) is 6.86. The topological polar surface area (TPSA) is 26.3 Å². The van der Waals surface area contributed by atoms with Crippen LogP contribution in [0.3, 0.4) is 0 Å². The van der Waals surface area contributed by atoms with E-state index >= 15 is 0 Å². The maximum atomic E-state index is 11.2. The van der Waals surface area contributed by atoms with Gasteiger partial charge in [-0.3, -0.25) is 4.79 Å². The smallest absolute Gasteiger partial charge is 0.305 e. The molecule has 0 aromatic carbocycles. The molecule has 0 saturated heterocycles. The Hall–Kier alpha value is -0.530. The molecule has 2 nitrogen and oxygen atoms in total. The first-order valence-corrected chi connectivity index (χ1v) is 10.5. The Balaban J connectivity index is 3.01. The number of hydrogen-bond donors (Lipinski definition) is 0. The minimum atomic E-state index is -0.0298. The molecular formula is C21H42O2. The number of carbonyl (C=O) groups is 1. The summed E-state index contributed by atoms with van der Waals surface area (Å²) in [7, 11) is 0. The Labute approximate surface area is 145 Å². The molecule has 138 valence electrons. The fourth-order valence-electron chi connectivity index (χ4n) is 3.05. The van der Waals surface area contributed by atoms with E-state index in [0.29, 0.717) is 13.0 Å². The average molecular weight is 327 g/mol. The van der Waals surface area contributed by atoms with Gasteiger partial charge in [0.15, 0.2) is 0 Å². The van der Waals surface area contributed by atoms with Crippen LogP contribution in [0, 0.1) is 0 Å². The molecule has 2 heteroatoms. The third-order valence-electron chi connectivity index (χ3n) is 4.54. The molecule has 0 N–H and O–H groups in total. The number of hydrogen-bond acceptors (Lipinski definition) is 2. The van der Waals surface area contributed by atoms with E-state index in [4.69, 9.17) is 4.74 Å². The maximum Gasteiger partial charge on any atom is 0.305 e. The van der Waals surface area contributed by atoms with Crippen LogP contribution in [0.5, 0.6) is 0 Å². The zero-order valence-electron chi connectivity index (χ0n) is 16.0. The van der Waals surface area contributed by atoms with Crippen LogP contribution in [0.2, 0.25) is 0 Å². The van der Waals surface area contributed by atoms with Crippen LogP contribution < -0.4 is 0 Å². The second kappa shape index (κ2) is 19.5. The second-order valence-corrected chi connectivity index (χ2v) is 6.86. The molecule has 0 amide bonds. The van der Waals surface area contributed by atoms with Crippen LogP contribution in [0.1, 0.15) is 123 Å². The molecule has 0 aromatic rings. The van der Waals surface area contributed by atoms with Gasteiger partial charge < -0.3 is 4.74 Å². The molecule has 0 aromatic heterocycles. The van der Waals surface area contributed by atoms with Crippen molar-refractivity contribution in [1.29, 1.82) is 0 Å². The van der Waals surface area contributed by atoms with Crippen molar-refractivity contribution in [2.75, 3.05) is 6.61 Å².